The molecule has 28 valence electrons. The van der Waals surface area contributed by atoms with Crippen molar-refractivity contribution in [1.29, 1.82) is 0 Å². The molecule has 0 aliphatic carbocycles. The Morgan fingerprint density at radius 3 is 0.833 bits per heavy atom. The van der Waals surface area contributed by atoms with Crippen LogP contribution in [0, 0.1) is 0 Å². The van der Waals surface area contributed by atoms with Crippen LogP contribution in [0.4, 0.5) is 13.2 Å². The zero-order chi connectivity index (χ0) is 3.58. The first kappa shape index (κ1) is 15.8. The Labute approximate surface area is 57.8 Å². The predicted molar refractivity (Wildman–Crippen MR) is 18.6 cm³/mol. The van der Waals surface area contributed by atoms with Crippen LogP contribution in [-0.2, 0) is 0 Å². The summed E-state index contributed by atoms with van der Waals surface area (Å²) < 4.78 is 29.0. The molecule has 0 aromatic carbocycles. The van der Waals surface area contributed by atoms with Crippen molar-refractivity contribution in [1.82, 2.24) is 0 Å². The van der Waals surface area contributed by atoms with Crippen LogP contribution in [0.25, 0.3) is 0 Å². The van der Waals surface area contributed by atoms with Gasteiger partial charge < -0.3 is 0 Å². The third-order valence-corrected chi connectivity index (χ3v) is 0. The van der Waals surface area contributed by atoms with Crippen molar-refractivity contribution in [2.45, 2.75) is 6.68 Å². The van der Waals surface area contributed by atoms with Crippen molar-refractivity contribution in [3.63, 3.8) is 0 Å². The molecule has 2 radical (unpaired) electrons. The first-order valence-electron chi connectivity index (χ1n) is 0.655. The van der Waals surface area contributed by atoms with E-state index >= 15 is 0 Å². The zero-order valence-electron chi connectivity index (χ0n) is 3.71. The summed E-state index contributed by atoms with van der Waals surface area (Å²) in [5.74, 6) is 0. The average Bonchev–Trinajstić information content (AvgIpc) is 0.811. The standard InChI is InChI=1S/CHF3.2Li/c2-1(3)4;;/h1H;;. The predicted octanol–water partition coefficient (Wildman–Crippen LogP) is 0.417. The molecular formula is CHF3Li2. The van der Waals surface area contributed by atoms with Gasteiger partial charge in [-0.05, 0) is 0 Å². The summed E-state index contributed by atoms with van der Waals surface area (Å²) >= 11 is 0. The molecule has 0 saturated heterocycles. The minimum absolute atomic E-state index is 0. The number of hydrogen-bond donors (Lipinski definition) is 0. The molecule has 5 heteroatoms. The number of alkyl halides is 3. The maximum Gasteiger partial charge on any atom is 0.379 e. The molecule has 0 N–H and O–H groups in total. The van der Waals surface area contributed by atoms with E-state index in [2.05, 4.69) is 0 Å². The number of halogens is 3. The molecule has 0 atom stereocenters. The van der Waals surface area contributed by atoms with Gasteiger partial charge in [-0.25, -0.2) is 0 Å². The Balaban J connectivity index is -0.0000000450. The van der Waals surface area contributed by atoms with E-state index in [4.69, 9.17) is 0 Å². The topological polar surface area (TPSA) is 0 Å². The maximum absolute atomic E-state index is 9.67. The van der Waals surface area contributed by atoms with Gasteiger partial charge in [0.05, 0.1) is 0 Å². The molecule has 0 saturated carbocycles. The molecule has 0 aromatic rings. The normalized spacial score (nSPS) is 6.00. The second-order valence-electron chi connectivity index (χ2n) is 0.247. The molecule has 0 unspecified atom stereocenters. The Kier molecular flexibility index (Phi) is 24.6. The molecule has 0 aliphatic heterocycles. The molecule has 0 amide bonds. The van der Waals surface area contributed by atoms with Gasteiger partial charge in [-0.3, -0.25) is 0 Å². The van der Waals surface area contributed by atoms with Gasteiger partial charge in [-0.1, -0.05) is 0 Å². The molecule has 0 heterocycles. The first-order chi connectivity index (χ1) is 1.73. The summed E-state index contributed by atoms with van der Waals surface area (Å²) in [6.45, 7) is -3.67. The molecule has 6 heavy (non-hydrogen) atoms. The smallest absolute Gasteiger partial charge is 0.174 e. The quantitative estimate of drug-likeness (QED) is 0.373. The van der Waals surface area contributed by atoms with E-state index in [9.17, 15) is 13.2 Å². The molecule has 0 bridgehead atoms. The fourth-order valence-electron chi connectivity index (χ4n) is 0. The van der Waals surface area contributed by atoms with Crippen LogP contribution in [0.2, 0.25) is 0 Å². The minimum atomic E-state index is -3.67. The molecule has 0 aromatic heterocycles. The van der Waals surface area contributed by atoms with Crippen LogP contribution in [-0.4, -0.2) is 44.4 Å². The van der Waals surface area contributed by atoms with E-state index in [1.165, 1.54) is 0 Å². The van der Waals surface area contributed by atoms with Crippen molar-refractivity contribution < 1.29 is 13.2 Å². The van der Waals surface area contributed by atoms with Crippen molar-refractivity contribution >= 4 is 37.7 Å². The zero-order valence-corrected chi connectivity index (χ0v) is 3.71. The number of hydrogen-bond acceptors (Lipinski definition) is 0. The molecule has 0 nitrogen and oxygen atoms in total. The van der Waals surface area contributed by atoms with Gasteiger partial charge in [-0.2, -0.15) is 13.2 Å². The summed E-state index contributed by atoms with van der Waals surface area (Å²) in [5, 5.41) is 0. The summed E-state index contributed by atoms with van der Waals surface area (Å²) in [6, 6.07) is 0. The number of rotatable bonds is 0. The maximum atomic E-state index is 9.67. The Hall–Kier alpha value is 0.985. The second-order valence-corrected chi connectivity index (χ2v) is 0.247. The van der Waals surface area contributed by atoms with Crippen LogP contribution in [0.15, 0.2) is 0 Å². The van der Waals surface area contributed by atoms with Gasteiger partial charge in [0.1, 0.15) is 0 Å². The SMILES string of the molecule is FC(F)F.[Li].[Li]. The summed E-state index contributed by atoms with van der Waals surface area (Å²) in [5.41, 5.74) is 0. The molecule has 0 fully saturated rings. The van der Waals surface area contributed by atoms with E-state index in [-0.39, 0.29) is 37.7 Å². The first-order valence-corrected chi connectivity index (χ1v) is 0.655. The summed E-state index contributed by atoms with van der Waals surface area (Å²) in [4.78, 5) is 0. The summed E-state index contributed by atoms with van der Waals surface area (Å²) in [7, 11) is 0. The largest absolute Gasteiger partial charge is 0.379 e. The van der Waals surface area contributed by atoms with E-state index in [0.717, 1.165) is 0 Å². The molecule has 0 spiro atoms. The molecular weight excluding hydrogens is 82.9 g/mol. The van der Waals surface area contributed by atoms with E-state index in [1.807, 2.05) is 0 Å². The fourth-order valence-corrected chi connectivity index (χ4v) is 0. The summed E-state index contributed by atoms with van der Waals surface area (Å²) in [6.07, 6.45) is 0. The van der Waals surface area contributed by atoms with Gasteiger partial charge in [0.2, 0.25) is 0 Å². The average molecular weight is 83.9 g/mol. The van der Waals surface area contributed by atoms with Crippen LogP contribution < -0.4 is 0 Å². The van der Waals surface area contributed by atoms with Gasteiger partial charge >= 0.3 is 6.68 Å². The van der Waals surface area contributed by atoms with E-state index < -0.39 is 6.68 Å². The van der Waals surface area contributed by atoms with Gasteiger partial charge in [0.25, 0.3) is 0 Å². The minimum Gasteiger partial charge on any atom is -0.174 e. The van der Waals surface area contributed by atoms with Crippen molar-refractivity contribution in [3.05, 3.63) is 0 Å². The Morgan fingerprint density at radius 2 is 0.833 bits per heavy atom. The Bertz CT molecular complexity index is 13.5. The monoisotopic (exact) mass is 84.0 g/mol. The van der Waals surface area contributed by atoms with Crippen LogP contribution in [0.5, 0.6) is 0 Å². The van der Waals surface area contributed by atoms with Crippen LogP contribution in [0.3, 0.4) is 0 Å². The van der Waals surface area contributed by atoms with Crippen molar-refractivity contribution in [2.24, 2.45) is 0 Å². The molecule has 0 rings (SSSR count). The van der Waals surface area contributed by atoms with Gasteiger partial charge in [-0.15, -0.1) is 0 Å². The third kappa shape index (κ3) is 81.6. The molecule has 0 aliphatic rings. The Morgan fingerprint density at radius 1 is 0.833 bits per heavy atom. The van der Waals surface area contributed by atoms with Gasteiger partial charge in [0.15, 0.2) is 0 Å². The van der Waals surface area contributed by atoms with Crippen LogP contribution >= 0.6 is 0 Å². The van der Waals surface area contributed by atoms with Crippen molar-refractivity contribution in [2.75, 3.05) is 0 Å². The fraction of sp³-hybridized carbons (Fsp3) is 1.00. The van der Waals surface area contributed by atoms with E-state index in [0.29, 0.717) is 0 Å². The van der Waals surface area contributed by atoms with E-state index in [1.54, 1.807) is 0 Å². The third-order valence-electron chi connectivity index (χ3n) is 0. The van der Waals surface area contributed by atoms with Crippen molar-refractivity contribution in [3.8, 4) is 0 Å². The second kappa shape index (κ2) is 9.37. The van der Waals surface area contributed by atoms with Crippen LogP contribution in [0.1, 0.15) is 0 Å². The van der Waals surface area contributed by atoms with Gasteiger partial charge in [0, 0.05) is 37.7 Å².